The van der Waals surface area contributed by atoms with Gasteiger partial charge in [0.15, 0.2) is 0 Å². The molecule has 2 heterocycles. The molecular weight excluding hydrogens is 302 g/mol. The number of benzene rings is 1. The molecule has 1 aliphatic heterocycles. The summed E-state index contributed by atoms with van der Waals surface area (Å²) in [7, 11) is -0.647. The van der Waals surface area contributed by atoms with Crippen molar-refractivity contribution in [3.05, 3.63) is 40.2 Å². The van der Waals surface area contributed by atoms with E-state index >= 15 is 0 Å². The van der Waals surface area contributed by atoms with Crippen molar-refractivity contribution in [2.45, 2.75) is 6.92 Å². The lowest BCUT2D eigenvalue weighted by Crippen LogP contribution is -2.39. The third kappa shape index (κ3) is 3.56. The Bertz CT molecular complexity index is 745. The standard InChI is InChI=1S/C16H19NO4S/c1-12-10-16(18)21-15-11-13(2-3-14(12)15)20-7-4-17-5-8-22(19)9-6-17/h2-3,10-11H,4-9H2,1H3. The van der Waals surface area contributed by atoms with Crippen molar-refractivity contribution in [1.29, 1.82) is 0 Å². The molecule has 0 saturated carbocycles. The minimum absolute atomic E-state index is 0.344. The number of rotatable bonds is 4. The van der Waals surface area contributed by atoms with Crippen LogP contribution < -0.4 is 10.4 Å². The topological polar surface area (TPSA) is 59.8 Å². The maximum absolute atomic E-state index is 11.4. The van der Waals surface area contributed by atoms with Crippen LogP contribution in [-0.2, 0) is 10.8 Å². The SMILES string of the molecule is Cc1cc(=O)oc2cc(OCCN3CCS(=O)CC3)ccc12. The predicted molar refractivity (Wildman–Crippen MR) is 87.0 cm³/mol. The number of hydrogen-bond acceptors (Lipinski definition) is 5. The molecule has 0 amide bonds. The van der Waals surface area contributed by atoms with Crippen LogP contribution in [0.2, 0.25) is 0 Å². The molecule has 0 N–H and O–H groups in total. The molecular formula is C16H19NO4S. The lowest BCUT2D eigenvalue weighted by atomic mass is 10.1. The highest BCUT2D eigenvalue weighted by molar-refractivity contribution is 7.85. The number of aryl methyl sites for hydroxylation is 1. The molecule has 0 unspecified atom stereocenters. The van der Waals surface area contributed by atoms with Crippen molar-refractivity contribution < 1.29 is 13.4 Å². The van der Waals surface area contributed by atoms with Crippen molar-refractivity contribution in [2.24, 2.45) is 0 Å². The van der Waals surface area contributed by atoms with Gasteiger partial charge in [0.25, 0.3) is 0 Å². The van der Waals surface area contributed by atoms with Crippen LogP contribution in [-0.4, -0.2) is 46.9 Å². The number of fused-ring (bicyclic) bond motifs is 1. The molecule has 1 aromatic carbocycles. The highest BCUT2D eigenvalue weighted by Crippen LogP contribution is 2.22. The van der Waals surface area contributed by atoms with Crippen molar-refractivity contribution in [3.63, 3.8) is 0 Å². The van der Waals surface area contributed by atoms with Gasteiger partial charge in [-0.2, -0.15) is 0 Å². The van der Waals surface area contributed by atoms with Gasteiger partial charge in [-0.15, -0.1) is 0 Å². The zero-order valence-corrected chi connectivity index (χ0v) is 13.4. The van der Waals surface area contributed by atoms with Crippen LogP contribution in [0.15, 0.2) is 33.5 Å². The van der Waals surface area contributed by atoms with E-state index in [4.69, 9.17) is 9.15 Å². The molecule has 0 bridgehead atoms. The highest BCUT2D eigenvalue weighted by atomic mass is 32.2. The summed E-state index contributed by atoms with van der Waals surface area (Å²) in [6.07, 6.45) is 0. The van der Waals surface area contributed by atoms with Crippen molar-refractivity contribution in [1.82, 2.24) is 4.90 Å². The third-order valence-corrected chi connectivity index (χ3v) is 5.15. The molecule has 1 fully saturated rings. The van der Waals surface area contributed by atoms with E-state index in [9.17, 15) is 9.00 Å². The summed E-state index contributed by atoms with van der Waals surface area (Å²) in [6, 6.07) is 7.05. The largest absolute Gasteiger partial charge is 0.492 e. The lowest BCUT2D eigenvalue weighted by molar-refractivity contribution is 0.221. The molecule has 22 heavy (non-hydrogen) atoms. The van der Waals surface area contributed by atoms with Crippen molar-refractivity contribution >= 4 is 21.8 Å². The van der Waals surface area contributed by atoms with Crippen LogP contribution in [0.3, 0.4) is 0 Å². The average Bonchev–Trinajstić information content (AvgIpc) is 2.49. The molecule has 1 aliphatic rings. The zero-order valence-electron chi connectivity index (χ0n) is 12.5. The predicted octanol–water partition coefficient (Wildman–Crippen LogP) is 1.54. The van der Waals surface area contributed by atoms with Gasteiger partial charge in [-0.1, -0.05) is 0 Å². The normalized spacial score (nSPS) is 17.0. The van der Waals surface area contributed by atoms with Crippen LogP contribution in [0.4, 0.5) is 0 Å². The van der Waals surface area contributed by atoms with Gasteiger partial charge in [-0.25, -0.2) is 4.79 Å². The summed E-state index contributed by atoms with van der Waals surface area (Å²) in [6.45, 7) is 4.99. The quantitative estimate of drug-likeness (QED) is 0.800. The number of ether oxygens (including phenoxy) is 1. The van der Waals surface area contributed by atoms with Crippen LogP contribution in [0.5, 0.6) is 5.75 Å². The van der Waals surface area contributed by atoms with Gasteiger partial charge in [0.1, 0.15) is 17.9 Å². The minimum Gasteiger partial charge on any atom is -0.492 e. The first-order valence-electron chi connectivity index (χ1n) is 7.36. The summed E-state index contributed by atoms with van der Waals surface area (Å²) in [5.74, 6) is 2.20. The first kappa shape index (κ1) is 15.2. The van der Waals surface area contributed by atoms with E-state index in [1.807, 2.05) is 19.1 Å². The van der Waals surface area contributed by atoms with Crippen molar-refractivity contribution in [3.8, 4) is 5.75 Å². The smallest absolute Gasteiger partial charge is 0.336 e. The van der Waals surface area contributed by atoms with Gasteiger partial charge in [0, 0.05) is 59.5 Å². The fourth-order valence-electron chi connectivity index (χ4n) is 2.59. The van der Waals surface area contributed by atoms with Gasteiger partial charge in [-0.05, 0) is 24.6 Å². The second-order valence-corrected chi connectivity index (χ2v) is 7.14. The van der Waals surface area contributed by atoms with Gasteiger partial charge in [-0.3, -0.25) is 9.11 Å². The molecule has 2 aromatic rings. The van der Waals surface area contributed by atoms with E-state index in [0.717, 1.165) is 42.1 Å². The molecule has 3 rings (SSSR count). The Balaban J connectivity index is 1.62. The number of nitrogens with zero attached hydrogens (tertiary/aromatic N) is 1. The molecule has 5 nitrogen and oxygen atoms in total. The molecule has 6 heteroatoms. The molecule has 0 atom stereocenters. The summed E-state index contributed by atoms with van der Waals surface area (Å²) in [4.78, 5) is 13.7. The van der Waals surface area contributed by atoms with Gasteiger partial charge >= 0.3 is 5.63 Å². The molecule has 0 spiro atoms. The Labute approximate surface area is 131 Å². The van der Waals surface area contributed by atoms with Crippen molar-refractivity contribution in [2.75, 3.05) is 37.7 Å². The highest BCUT2D eigenvalue weighted by Gasteiger charge is 2.14. The van der Waals surface area contributed by atoms with Gasteiger partial charge in [0.05, 0.1) is 0 Å². The summed E-state index contributed by atoms with van der Waals surface area (Å²) >= 11 is 0. The fourth-order valence-corrected chi connectivity index (χ4v) is 3.71. The Morgan fingerprint density at radius 2 is 2.05 bits per heavy atom. The molecule has 1 saturated heterocycles. The van der Waals surface area contributed by atoms with E-state index in [0.29, 0.717) is 17.9 Å². The van der Waals surface area contributed by atoms with Crippen LogP contribution in [0, 0.1) is 6.92 Å². The molecule has 0 aliphatic carbocycles. The van der Waals surface area contributed by atoms with Gasteiger partial charge in [0.2, 0.25) is 0 Å². The molecule has 1 aromatic heterocycles. The second-order valence-electron chi connectivity index (χ2n) is 5.44. The van der Waals surface area contributed by atoms with Crippen LogP contribution in [0.25, 0.3) is 11.0 Å². The van der Waals surface area contributed by atoms with E-state index in [2.05, 4.69) is 4.90 Å². The molecule has 118 valence electrons. The Morgan fingerprint density at radius 3 is 2.82 bits per heavy atom. The van der Waals surface area contributed by atoms with Gasteiger partial charge < -0.3 is 9.15 Å². The van der Waals surface area contributed by atoms with Crippen LogP contribution >= 0.6 is 0 Å². The first-order valence-corrected chi connectivity index (χ1v) is 8.85. The fraction of sp³-hybridized carbons (Fsp3) is 0.438. The summed E-state index contributed by atoms with van der Waals surface area (Å²) in [5.41, 5.74) is 1.11. The number of hydrogen-bond donors (Lipinski definition) is 0. The van der Waals surface area contributed by atoms with E-state index in [1.165, 1.54) is 6.07 Å². The molecule has 0 radical (unpaired) electrons. The Kier molecular flexibility index (Phi) is 4.59. The average molecular weight is 321 g/mol. The van der Waals surface area contributed by atoms with E-state index < -0.39 is 10.8 Å². The van der Waals surface area contributed by atoms with E-state index in [1.54, 1.807) is 6.07 Å². The second kappa shape index (κ2) is 6.62. The van der Waals surface area contributed by atoms with Crippen LogP contribution in [0.1, 0.15) is 5.56 Å². The Hall–Kier alpha value is -1.66. The minimum atomic E-state index is -0.647. The Morgan fingerprint density at radius 1 is 1.27 bits per heavy atom. The third-order valence-electron chi connectivity index (χ3n) is 3.87. The first-order chi connectivity index (χ1) is 10.6. The summed E-state index contributed by atoms with van der Waals surface area (Å²) < 4.78 is 22.3. The monoisotopic (exact) mass is 321 g/mol. The maximum atomic E-state index is 11.4. The zero-order chi connectivity index (χ0) is 15.5. The maximum Gasteiger partial charge on any atom is 0.336 e. The lowest BCUT2D eigenvalue weighted by Gasteiger charge is -2.25. The summed E-state index contributed by atoms with van der Waals surface area (Å²) in [5, 5.41) is 0.922. The van der Waals surface area contributed by atoms with E-state index in [-0.39, 0.29) is 5.63 Å².